The number of hydrogen-bond acceptors (Lipinski definition) is 4. The van der Waals surface area contributed by atoms with Crippen molar-refractivity contribution in [3.63, 3.8) is 0 Å². The molecule has 0 heterocycles. The molecule has 0 atom stereocenters. The van der Waals surface area contributed by atoms with E-state index >= 15 is 4.39 Å². The van der Waals surface area contributed by atoms with Crippen molar-refractivity contribution in [2.24, 2.45) is 5.73 Å². The topological polar surface area (TPSA) is 80.4 Å². The minimum Gasteiger partial charge on any atom is -0.542 e. The molecule has 0 bridgehead atoms. The van der Waals surface area contributed by atoms with Gasteiger partial charge in [0.25, 0.3) is 0 Å². The molecule has 0 unspecified atom stereocenters. The van der Waals surface area contributed by atoms with E-state index in [1.54, 1.807) is 57.4 Å². The summed E-state index contributed by atoms with van der Waals surface area (Å²) in [6.45, 7) is 22.4. The number of aliphatic hydroxyl groups excluding tert-OH is 1. The average Bonchev–Trinajstić information content (AvgIpc) is 3.53. The van der Waals surface area contributed by atoms with Crippen molar-refractivity contribution in [3.05, 3.63) is 114 Å². The quantitative estimate of drug-likeness (QED) is 0.124. The van der Waals surface area contributed by atoms with E-state index in [2.05, 4.69) is 6.58 Å². The molecule has 4 nitrogen and oxygen atoms in total. The molecule has 0 aromatic heterocycles. The van der Waals surface area contributed by atoms with E-state index in [1.165, 1.54) is 32.1 Å². The third kappa shape index (κ3) is 18.0. The van der Waals surface area contributed by atoms with Crippen LogP contribution in [0, 0.1) is 39.8 Å². The van der Waals surface area contributed by atoms with E-state index in [1.807, 2.05) is 59.7 Å². The number of rotatable bonds is 5. The van der Waals surface area contributed by atoms with Crippen LogP contribution in [0.5, 0.6) is 0 Å². The number of nitrogens with two attached hydrogens (primary N) is 1. The van der Waals surface area contributed by atoms with Crippen molar-refractivity contribution in [1.29, 1.82) is 0 Å². The first-order valence-electron chi connectivity index (χ1n) is 16.0. The molecule has 1 aliphatic carbocycles. The van der Waals surface area contributed by atoms with E-state index in [9.17, 15) is 9.18 Å². The van der Waals surface area contributed by atoms with Gasteiger partial charge in [0.15, 0.2) is 0 Å². The van der Waals surface area contributed by atoms with Crippen molar-refractivity contribution in [2.75, 3.05) is 0 Å². The van der Waals surface area contributed by atoms with Gasteiger partial charge in [-0.3, -0.25) is 6.29 Å². The molecule has 3 N–H and O–H groups in total. The van der Waals surface area contributed by atoms with Crippen LogP contribution in [0.4, 0.5) is 8.78 Å². The van der Waals surface area contributed by atoms with E-state index in [0.29, 0.717) is 27.8 Å². The summed E-state index contributed by atoms with van der Waals surface area (Å²) >= 11 is 0. The van der Waals surface area contributed by atoms with Gasteiger partial charge in [0.05, 0.1) is 12.4 Å². The number of hydrogen-bond donors (Lipinski definition) is 2. The molecule has 3 aromatic rings. The molecule has 0 radical (unpaired) electrons. The fourth-order valence-corrected chi connectivity index (χ4v) is 4.49. The summed E-state index contributed by atoms with van der Waals surface area (Å²) < 4.78 is 29.5. The Morgan fingerprint density at radius 1 is 0.938 bits per heavy atom. The first-order chi connectivity index (χ1) is 22.0. The second kappa shape index (κ2) is 30.9. The zero-order chi connectivity index (χ0) is 35.8. The molecular weight excluding hydrogens is 632 g/mol. The maximum absolute atomic E-state index is 15.3. The maximum atomic E-state index is 15.3. The molecule has 7 heteroatoms. The predicted molar refractivity (Wildman–Crippen MR) is 199 cm³/mol. The molecular formula is C41H58F2KNO3-2. The SMILES string of the molecule is C=C(C)/C([C-]=O)=C/C.CC.CC.C[C-]=O.Cc1cccc(-c2cccc(-c3cc(C)c(CN)c(F)c3)c2F)c1C.OC1CCCC1.[CH3-].[K+]. The molecule has 0 spiro atoms. The summed E-state index contributed by atoms with van der Waals surface area (Å²) in [5.74, 6) is -0.732. The van der Waals surface area contributed by atoms with Crippen molar-refractivity contribution in [3.8, 4) is 22.3 Å². The van der Waals surface area contributed by atoms with E-state index < -0.39 is 5.82 Å². The standard InChI is InChI=1S/C22H21F2N.C7H9O.C5H10O.C2H3O.2C2H6.CH3.K/c1-13-6-4-7-17(15(13)3)19-9-5-8-18(22(19)24)16-10-14(2)20(12-25)21(23)11-16;1-4-7(5-8)6(2)3;6-5-3-1-2-4-5;1-2-3;2*1-2;;/h4-11H,12,25H2,1-3H3;4H,2H2,1,3H3;5-6H,1-4H2;1H3;2*1-2H3;1H3;/q;-1;;-1;;;-1;+1/b;7-4+;;;;;;. The second-order valence-electron chi connectivity index (χ2n) is 10.1. The monoisotopic (exact) mass is 689 g/mol. The zero-order valence-electron chi connectivity index (χ0n) is 31.6. The number of aryl methyl sites for hydroxylation is 2. The van der Waals surface area contributed by atoms with Gasteiger partial charge in [-0.15, -0.1) is 0 Å². The molecule has 0 aliphatic heterocycles. The van der Waals surface area contributed by atoms with E-state index in [4.69, 9.17) is 15.6 Å². The van der Waals surface area contributed by atoms with Gasteiger partial charge in [-0.1, -0.05) is 96.8 Å². The summed E-state index contributed by atoms with van der Waals surface area (Å²) in [5, 5.41) is 8.73. The predicted octanol–water partition coefficient (Wildman–Crippen LogP) is 7.85. The Hall–Kier alpha value is -2.10. The Morgan fingerprint density at radius 2 is 1.42 bits per heavy atom. The molecule has 48 heavy (non-hydrogen) atoms. The first kappa shape index (κ1) is 52.7. The molecule has 1 fully saturated rings. The van der Waals surface area contributed by atoms with Crippen LogP contribution < -0.4 is 57.1 Å². The maximum Gasteiger partial charge on any atom is 1.00 e. The van der Waals surface area contributed by atoms with Crippen LogP contribution in [-0.4, -0.2) is 23.8 Å². The van der Waals surface area contributed by atoms with Gasteiger partial charge in [0.1, 0.15) is 11.6 Å². The van der Waals surface area contributed by atoms with Crippen LogP contribution in [0.25, 0.3) is 22.3 Å². The van der Waals surface area contributed by atoms with Gasteiger partial charge >= 0.3 is 51.4 Å². The van der Waals surface area contributed by atoms with Gasteiger partial charge in [-0.25, -0.2) is 8.78 Å². The molecule has 262 valence electrons. The molecule has 3 aromatic carbocycles. The van der Waals surface area contributed by atoms with Crippen molar-refractivity contribution in [2.45, 2.75) is 108 Å². The zero-order valence-corrected chi connectivity index (χ0v) is 34.7. The van der Waals surface area contributed by atoms with Crippen molar-refractivity contribution in [1.82, 2.24) is 0 Å². The van der Waals surface area contributed by atoms with Gasteiger partial charge in [-0.05, 0) is 67.5 Å². The molecule has 1 saturated carbocycles. The van der Waals surface area contributed by atoms with Crippen molar-refractivity contribution < 1.29 is 74.9 Å². The third-order valence-corrected chi connectivity index (χ3v) is 7.01. The molecule has 0 amide bonds. The van der Waals surface area contributed by atoms with E-state index in [0.717, 1.165) is 40.7 Å². The summed E-state index contributed by atoms with van der Waals surface area (Å²) in [4.78, 5) is 18.6. The minimum atomic E-state index is -0.394. The summed E-state index contributed by atoms with van der Waals surface area (Å²) in [5.41, 5.74) is 12.6. The third-order valence-electron chi connectivity index (χ3n) is 7.01. The number of aliphatic hydroxyl groups is 1. The van der Waals surface area contributed by atoms with Gasteiger partial charge < -0.3 is 27.9 Å². The number of halogens is 2. The van der Waals surface area contributed by atoms with Crippen LogP contribution in [-0.2, 0) is 16.1 Å². The summed E-state index contributed by atoms with van der Waals surface area (Å²) in [7, 11) is 0. The van der Waals surface area contributed by atoms with Gasteiger partial charge in [-0.2, -0.15) is 30.7 Å². The Bertz CT molecular complexity index is 1360. The van der Waals surface area contributed by atoms with Crippen LogP contribution in [0.2, 0.25) is 0 Å². The summed E-state index contributed by atoms with van der Waals surface area (Å²) in [6, 6.07) is 14.2. The van der Waals surface area contributed by atoms with Gasteiger partial charge in [0, 0.05) is 23.2 Å². The van der Waals surface area contributed by atoms with Gasteiger partial charge in [0.2, 0.25) is 0 Å². The average molecular weight is 690 g/mol. The first-order valence-corrected chi connectivity index (χ1v) is 16.0. The number of allylic oxidation sites excluding steroid dienone is 3. The second-order valence-corrected chi connectivity index (χ2v) is 10.1. The Morgan fingerprint density at radius 3 is 1.79 bits per heavy atom. The summed E-state index contributed by atoms with van der Waals surface area (Å²) in [6.07, 6.45) is 9.56. The largest absolute Gasteiger partial charge is 1.00 e. The molecule has 0 saturated heterocycles. The Balaban J connectivity index is -0.000000348. The normalized spacial score (nSPS) is 11.2. The minimum absolute atomic E-state index is 0. The Labute approximate surface area is 333 Å². The van der Waals surface area contributed by atoms with Crippen molar-refractivity contribution >= 4 is 12.6 Å². The smallest absolute Gasteiger partial charge is 0.542 e. The van der Waals surface area contributed by atoms with Crippen LogP contribution in [0.1, 0.15) is 96.4 Å². The van der Waals surface area contributed by atoms with E-state index in [-0.39, 0.29) is 77.3 Å². The Kier molecular flexibility index (Phi) is 33.9. The van der Waals surface area contributed by atoms with Crippen LogP contribution >= 0.6 is 0 Å². The number of benzene rings is 3. The van der Waals surface area contributed by atoms with Crippen LogP contribution in [0.15, 0.2) is 72.3 Å². The molecule has 4 rings (SSSR count). The fourth-order valence-electron chi connectivity index (χ4n) is 4.49. The number of carbonyl (C=O) groups excluding carboxylic acids is 2. The molecule has 1 aliphatic rings. The van der Waals surface area contributed by atoms with Crippen LogP contribution in [0.3, 0.4) is 0 Å². The fraction of sp³-hybridized carbons (Fsp3) is 0.390.